The van der Waals surface area contributed by atoms with E-state index in [2.05, 4.69) is 16.0 Å². The van der Waals surface area contributed by atoms with E-state index in [1.165, 1.54) is 6.42 Å². The Hall–Kier alpha value is -2.93. The Morgan fingerprint density at radius 2 is 1.70 bits per heavy atom. The molecule has 6 nitrogen and oxygen atoms in total. The van der Waals surface area contributed by atoms with Gasteiger partial charge in [0.05, 0.1) is 6.61 Å². The van der Waals surface area contributed by atoms with Gasteiger partial charge in [-0.2, -0.15) is 0 Å². The van der Waals surface area contributed by atoms with Crippen molar-refractivity contribution >= 4 is 34.8 Å². The Labute approximate surface area is 182 Å². The van der Waals surface area contributed by atoms with Crippen LogP contribution >= 0.6 is 12.2 Å². The molecule has 2 amide bonds. The van der Waals surface area contributed by atoms with Gasteiger partial charge in [0.15, 0.2) is 5.11 Å². The fourth-order valence-electron chi connectivity index (χ4n) is 3.49. The van der Waals surface area contributed by atoms with Gasteiger partial charge in [-0.3, -0.25) is 14.9 Å². The summed E-state index contributed by atoms with van der Waals surface area (Å²) in [6, 6.07) is 14.2. The van der Waals surface area contributed by atoms with E-state index >= 15 is 0 Å². The summed E-state index contributed by atoms with van der Waals surface area (Å²) in [5.74, 6) is 0.203. The first-order chi connectivity index (χ1) is 14.5. The first-order valence-electron chi connectivity index (χ1n) is 10.3. The van der Waals surface area contributed by atoms with Crippen LogP contribution in [0, 0.1) is 0 Å². The number of rotatable bonds is 6. The van der Waals surface area contributed by atoms with Gasteiger partial charge in [-0.05, 0) is 68.4 Å². The second kappa shape index (κ2) is 10.7. The van der Waals surface area contributed by atoms with E-state index in [-0.39, 0.29) is 23.0 Å². The van der Waals surface area contributed by atoms with Crippen molar-refractivity contribution < 1.29 is 14.3 Å². The molecule has 2 aromatic rings. The average molecular weight is 426 g/mol. The van der Waals surface area contributed by atoms with E-state index in [9.17, 15) is 9.59 Å². The van der Waals surface area contributed by atoms with Gasteiger partial charge in [0.25, 0.3) is 11.8 Å². The molecule has 3 rings (SSSR count). The fraction of sp³-hybridized carbons (Fsp3) is 0.348. The van der Waals surface area contributed by atoms with Crippen LogP contribution in [0.4, 0.5) is 5.69 Å². The molecular weight excluding hydrogens is 398 g/mol. The van der Waals surface area contributed by atoms with Crippen molar-refractivity contribution in [2.75, 3.05) is 11.9 Å². The highest BCUT2D eigenvalue weighted by Gasteiger charge is 2.17. The van der Waals surface area contributed by atoms with Crippen molar-refractivity contribution in [2.45, 2.75) is 45.1 Å². The third-order valence-electron chi connectivity index (χ3n) is 4.96. The predicted octanol–water partition coefficient (Wildman–Crippen LogP) is 4.27. The van der Waals surface area contributed by atoms with E-state index in [1.54, 1.807) is 48.5 Å². The molecule has 1 saturated carbocycles. The van der Waals surface area contributed by atoms with Crippen LogP contribution in [0.3, 0.4) is 0 Å². The highest BCUT2D eigenvalue weighted by Crippen LogP contribution is 2.18. The number of ether oxygens (including phenoxy) is 1. The van der Waals surface area contributed by atoms with E-state index in [0.29, 0.717) is 29.2 Å². The van der Waals surface area contributed by atoms with Crippen molar-refractivity contribution in [3.8, 4) is 5.75 Å². The summed E-state index contributed by atoms with van der Waals surface area (Å²) in [4.78, 5) is 25.0. The Morgan fingerprint density at radius 1 is 1.00 bits per heavy atom. The van der Waals surface area contributed by atoms with Crippen LogP contribution in [-0.2, 0) is 0 Å². The zero-order valence-electron chi connectivity index (χ0n) is 17.1. The number of thiocarbonyl (C=S) groups is 1. The average Bonchev–Trinajstić information content (AvgIpc) is 2.75. The standard InChI is InChI=1S/C23H27N3O3S/c1-2-29-20-13-7-9-17(15-20)22(28)26-23(30)25-19-12-6-8-16(14-19)21(27)24-18-10-4-3-5-11-18/h6-9,12-15,18H,2-5,10-11H2,1H3,(H,24,27)(H2,25,26,28,30). The number of hydrogen-bond donors (Lipinski definition) is 3. The molecule has 3 N–H and O–H groups in total. The van der Waals surface area contributed by atoms with Crippen LogP contribution in [0.5, 0.6) is 5.75 Å². The summed E-state index contributed by atoms with van der Waals surface area (Å²) in [5, 5.41) is 8.89. The number of nitrogens with one attached hydrogen (secondary N) is 3. The fourth-order valence-corrected chi connectivity index (χ4v) is 3.70. The Balaban J connectivity index is 1.57. The van der Waals surface area contributed by atoms with Crippen LogP contribution in [0.15, 0.2) is 48.5 Å². The number of hydrogen-bond acceptors (Lipinski definition) is 4. The number of benzene rings is 2. The van der Waals surface area contributed by atoms with Crippen molar-refractivity contribution in [1.82, 2.24) is 10.6 Å². The third-order valence-corrected chi connectivity index (χ3v) is 5.16. The number of anilines is 1. The summed E-state index contributed by atoms with van der Waals surface area (Å²) in [5.41, 5.74) is 1.65. The Kier molecular flexibility index (Phi) is 7.79. The summed E-state index contributed by atoms with van der Waals surface area (Å²) in [6.45, 7) is 2.41. The molecule has 1 fully saturated rings. The molecule has 0 aliphatic heterocycles. The summed E-state index contributed by atoms with van der Waals surface area (Å²) >= 11 is 5.26. The lowest BCUT2D eigenvalue weighted by molar-refractivity contribution is 0.0926. The zero-order valence-corrected chi connectivity index (χ0v) is 17.9. The van der Waals surface area contributed by atoms with E-state index in [1.807, 2.05) is 6.92 Å². The van der Waals surface area contributed by atoms with Gasteiger partial charge < -0.3 is 15.4 Å². The maximum Gasteiger partial charge on any atom is 0.257 e. The maximum absolute atomic E-state index is 12.5. The van der Waals surface area contributed by atoms with E-state index in [4.69, 9.17) is 17.0 Å². The van der Waals surface area contributed by atoms with Crippen molar-refractivity contribution in [3.63, 3.8) is 0 Å². The number of amides is 2. The maximum atomic E-state index is 12.5. The van der Waals surface area contributed by atoms with Gasteiger partial charge in [0.2, 0.25) is 0 Å². The molecule has 0 atom stereocenters. The lowest BCUT2D eigenvalue weighted by Gasteiger charge is -2.22. The van der Waals surface area contributed by atoms with Gasteiger partial charge in [0.1, 0.15) is 5.75 Å². The van der Waals surface area contributed by atoms with Crippen molar-refractivity contribution in [3.05, 3.63) is 59.7 Å². The normalized spacial score (nSPS) is 13.9. The molecule has 0 spiro atoms. The van der Waals surface area contributed by atoms with Crippen molar-refractivity contribution in [1.29, 1.82) is 0 Å². The molecule has 0 saturated heterocycles. The largest absolute Gasteiger partial charge is 0.494 e. The summed E-state index contributed by atoms with van der Waals surface area (Å²) in [6.07, 6.45) is 5.63. The molecule has 0 radical (unpaired) electrons. The Bertz CT molecular complexity index is 910. The molecular formula is C23H27N3O3S. The molecule has 1 aliphatic carbocycles. The van der Waals surface area contributed by atoms with E-state index < -0.39 is 0 Å². The highest BCUT2D eigenvalue weighted by atomic mass is 32.1. The smallest absolute Gasteiger partial charge is 0.257 e. The minimum atomic E-state index is -0.333. The lowest BCUT2D eigenvalue weighted by atomic mass is 9.95. The van der Waals surface area contributed by atoms with Crippen LogP contribution < -0.4 is 20.7 Å². The number of carbonyl (C=O) groups is 2. The van der Waals surface area contributed by atoms with Crippen LogP contribution in [0.1, 0.15) is 59.7 Å². The summed E-state index contributed by atoms with van der Waals surface area (Å²) < 4.78 is 5.42. The Morgan fingerprint density at radius 3 is 2.43 bits per heavy atom. The molecule has 1 aliphatic rings. The van der Waals surface area contributed by atoms with Gasteiger partial charge >= 0.3 is 0 Å². The molecule has 0 aromatic heterocycles. The monoisotopic (exact) mass is 425 g/mol. The first-order valence-corrected chi connectivity index (χ1v) is 10.7. The van der Waals surface area contributed by atoms with Crippen LogP contribution in [0.25, 0.3) is 0 Å². The minimum Gasteiger partial charge on any atom is -0.494 e. The third kappa shape index (κ3) is 6.29. The van der Waals surface area contributed by atoms with Gasteiger partial charge in [-0.15, -0.1) is 0 Å². The van der Waals surface area contributed by atoms with Gasteiger partial charge in [-0.1, -0.05) is 31.4 Å². The molecule has 158 valence electrons. The van der Waals surface area contributed by atoms with E-state index in [0.717, 1.165) is 25.7 Å². The van der Waals surface area contributed by atoms with Crippen molar-refractivity contribution in [2.24, 2.45) is 0 Å². The second-order valence-corrected chi connectivity index (χ2v) is 7.67. The first kappa shape index (κ1) is 21.8. The molecule has 0 bridgehead atoms. The quantitative estimate of drug-likeness (QED) is 0.602. The highest BCUT2D eigenvalue weighted by molar-refractivity contribution is 7.80. The SMILES string of the molecule is CCOc1cccc(C(=O)NC(=S)Nc2cccc(C(=O)NC3CCCCC3)c2)c1. The molecule has 2 aromatic carbocycles. The van der Waals surface area contributed by atoms with Crippen LogP contribution in [0.2, 0.25) is 0 Å². The molecule has 7 heteroatoms. The molecule has 0 unspecified atom stereocenters. The second-order valence-electron chi connectivity index (χ2n) is 7.26. The molecule has 0 heterocycles. The lowest BCUT2D eigenvalue weighted by Crippen LogP contribution is -2.36. The minimum absolute atomic E-state index is 0.0896. The topological polar surface area (TPSA) is 79.5 Å². The summed E-state index contributed by atoms with van der Waals surface area (Å²) in [7, 11) is 0. The zero-order chi connectivity index (χ0) is 21.3. The predicted molar refractivity (Wildman–Crippen MR) is 122 cm³/mol. The van der Waals surface area contributed by atoms with Gasteiger partial charge in [-0.25, -0.2) is 0 Å². The number of carbonyl (C=O) groups excluding carboxylic acids is 2. The van der Waals surface area contributed by atoms with Gasteiger partial charge in [0, 0.05) is 22.9 Å². The van der Waals surface area contributed by atoms with Crippen LogP contribution in [-0.4, -0.2) is 29.6 Å². The molecule has 30 heavy (non-hydrogen) atoms.